The molecule has 152 valence electrons. The van der Waals surface area contributed by atoms with E-state index in [0.29, 0.717) is 17.9 Å². The number of nitrogens with zero attached hydrogens (tertiary/aromatic N) is 2. The Morgan fingerprint density at radius 3 is 2.76 bits per heavy atom. The van der Waals surface area contributed by atoms with Crippen molar-refractivity contribution in [3.8, 4) is 17.0 Å². The van der Waals surface area contributed by atoms with Crippen LogP contribution in [0, 0.1) is 0 Å². The number of hydrogen-bond acceptors (Lipinski definition) is 4. The predicted octanol–water partition coefficient (Wildman–Crippen LogP) is 3.18. The highest BCUT2D eigenvalue weighted by molar-refractivity contribution is 5.87. The normalized spacial score (nSPS) is 14.9. The lowest BCUT2D eigenvalue weighted by molar-refractivity contribution is 0.205. The molecule has 1 aromatic carbocycles. The second-order valence-electron chi connectivity index (χ2n) is 7.47. The van der Waals surface area contributed by atoms with Crippen LogP contribution in [-0.4, -0.2) is 46.7 Å². The van der Waals surface area contributed by atoms with Crippen molar-refractivity contribution in [2.24, 2.45) is 5.73 Å². The Bertz CT molecular complexity index is 1060. The van der Waals surface area contributed by atoms with E-state index in [1.54, 1.807) is 12.1 Å². The number of nitrogens with one attached hydrogen (secondary N) is 1. The number of hydrogen-bond donors (Lipinski definition) is 2. The van der Waals surface area contributed by atoms with Crippen LogP contribution in [-0.2, 0) is 0 Å². The van der Waals surface area contributed by atoms with Crippen LogP contribution in [0.1, 0.15) is 25.7 Å². The maximum absolute atomic E-state index is 12.5. The molecule has 1 aliphatic rings. The van der Waals surface area contributed by atoms with Gasteiger partial charge in [0.05, 0.1) is 17.9 Å². The highest BCUT2D eigenvalue weighted by atomic mass is 16.5. The lowest BCUT2D eigenvalue weighted by Crippen LogP contribution is -2.31. The van der Waals surface area contributed by atoms with E-state index in [0.717, 1.165) is 34.2 Å². The third kappa shape index (κ3) is 4.35. The zero-order valence-corrected chi connectivity index (χ0v) is 16.4. The van der Waals surface area contributed by atoms with E-state index in [4.69, 9.17) is 10.5 Å². The molecule has 0 spiro atoms. The summed E-state index contributed by atoms with van der Waals surface area (Å²) < 4.78 is 6.83. The molecule has 4 rings (SSSR count). The third-order valence-electron chi connectivity index (χ3n) is 5.40. The third-order valence-corrected chi connectivity index (χ3v) is 5.40. The van der Waals surface area contributed by atoms with Crippen molar-refractivity contribution in [2.45, 2.75) is 25.7 Å². The molecular weight excluding hydrogens is 368 g/mol. The van der Waals surface area contributed by atoms with Crippen LogP contribution < -0.4 is 16.0 Å². The summed E-state index contributed by atoms with van der Waals surface area (Å²) in [6.07, 6.45) is 6.34. The van der Waals surface area contributed by atoms with Crippen LogP contribution in [0.5, 0.6) is 5.75 Å². The summed E-state index contributed by atoms with van der Waals surface area (Å²) in [5.41, 5.74) is 6.75. The number of benzene rings is 1. The van der Waals surface area contributed by atoms with E-state index in [1.165, 1.54) is 38.5 Å². The summed E-state index contributed by atoms with van der Waals surface area (Å²) in [4.78, 5) is 29.6. The first-order valence-corrected chi connectivity index (χ1v) is 10.1. The quantitative estimate of drug-likeness (QED) is 0.628. The fraction of sp³-hybridized carbons (Fsp3) is 0.364. The number of nitrogens with two attached hydrogens (primary N) is 1. The van der Waals surface area contributed by atoms with Gasteiger partial charge in [0.2, 0.25) is 0 Å². The van der Waals surface area contributed by atoms with Gasteiger partial charge in [-0.3, -0.25) is 4.79 Å². The molecule has 7 heteroatoms. The molecule has 0 unspecified atom stereocenters. The second kappa shape index (κ2) is 8.53. The lowest BCUT2D eigenvalue weighted by atomic mass is 10.1. The molecule has 3 aromatic rings. The molecule has 1 fully saturated rings. The number of pyridine rings is 1. The first-order chi connectivity index (χ1) is 14.1. The molecule has 2 aromatic heterocycles. The molecule has 29 heavy (non-hydrogen) atoms. The van der Waals surface area contributed by atoms with Crippen molar-refractivity contribution < 1.29 is 9.53 Å². The average molecular weight is 394 g/mol. The van der Waals surface area contributed by atoms with Gasteiger partial charge in [0, 0.05) is 23.6 Å². The van der Waals surface area contributed by atoms with Gasteiger partial charge in [0.15, 0.2) is 0 Å². The molecule has 1 amide bonds. The number of ether oxygens (including phenoxy) is 1. The largest absolute Gasteiger partial charge is 0.494 e. The molecule has 1 aliphatic heterocycles. The summed E-state index contributed by atoms with van der Waals surface area (Å²) in [7, 11) is 0. The molecule has 1 saturated heterocycles. The zero-order valence-electron chi connectivity index (χ0n) is 16.4. The smallest absolute Gasteiger partial charge is 0.325 e. The number of carbonyl (C=O) groups excluding carboxylic acids is 1. The monoisotopic (exact) mass is 394 g/mol. The summed E-state index contributed by atoms with van der Waals surface area (Å²) in [6.45, 7) is 4.17. The van der Waals surface area contributed by atoms with E-state index < -0.39 is 11.6 Å². The topological polar surface area (TPSA) is 93.3 Å². The van der Waals surface area contributed by atoms with Crippen LogP contribution in [0.4, 0.5) is 4.79 Å². The lowest BCUT2D eigenvalue weighted by Gasteiger charge is -2.26. The number of fused-ring (bicyclic) bond motifs is 1. The number of amides is 1. The minimum atomic E-state index is -0.798. The van der Waals surface area contributed by atoms with Gasteiger partial charge in [-0.1, -0.05) is 6.42 Å². The highest BCUT2D eigenvalue weighted by Crippen LogP contribution is 2.25. The van der Waals surface area contributed by atoms with Crippen molar-refractivity contribution in [1.82, 2.24) is 14.5 Å². The molecule has 0 saturated carbocycles. The maximum atomic E-state index is 12.5. The fourth-order valence-corrected chi connectivity index (χ4v) is 3.88. The minimum Gasteiger partial charge on any atom is -0.494 e. The molecule has 0 radical (unpaired) electrons. The number of likely N-dealkylation sites (tertiary alicyclic amines) is 1. The summed E-state index contributed by atoms with van der Waals surface area (Å²) in [5.74, 6) is 0.810. The molecule has 3 heterocycles. The van der Waals surface area contributed by atoms with Gasteiger partial charge in [-0.25, -0.2) is 9.36 Å². The number of primary amides is 1. The van der Waals surface area contributed by atoms with Gasteiger partial charge in [0.25, 0.3) is 5.56 Å². The van der Waals surface area contributed by atoms with Crippen molar-refractivity contribution >= 4 is 16.9 Å². The highest BCUT2D eigenvalue weighted by Gasteiger charge is 2.12. The van der Waals surface area contributed by atoms with Gasteiger partial charge >= 0.3 is 6.03 Å². The fourth-order valence-electron chi connectivity index (χ4n) is 3.88. The summed E-state index contributed by atoms with van der Waals surface area (Å²) in [6, 6.07) is 10.2. The van der Waals surface area contributed by atoms with E-state index in [1.807, 2.05) is 24.3 Å². The van der Waals surface area contributed by atoms with E-state index in [9.17, 15) is 9.59 Å². The Hall–Kier alpha value is -3.06. The van der Waals surface area contributed by atoms with Gasteiger partial charge < -0.3 is 20.4 Å². The van der Waals surface area contributed by atoms with Crippen molar-refractivity contribution in [1.29, 1.82) is 0 Å². The second-order valence-corrected chi connectivity index (χ2v) is 7.47. The van der Waals surface area contributed by atoms with Crippen molar-refractivity contribution in [3.05, 3.63) is 52.9 Å². The number of piperidine rings is 1. The van der Waals surface area contributed by atoms with Gasteiger partial charge in [-0.2, -0.15) is 0 Å². The van der Waals surface area contributed by atoms with Crippen LogP contribution in [0.3, 0.4) is 0 Å². The minimum absolute atomic E-state index is 0.395. The molecule has 7 nitrogen and oxygen atoms in total. The predicted molar refractivity (Wildman–Crippen MR) is 113 cm³/mol. The van der Waals surface area contributed by atoms with E-state index in [2.05, 4.69) is 9.88 Å². The number of carbonyl (C=O) groups is 1. The van der Waals surface area contributed by atoms with Crippen molar-refractivity contribution in [2.75, 3.05) is 26.2 Å². The number of H-pyrrole nitrogens is 1. The first-order valence-electron chi connectivity index (χ1n) is 10.1. The van der Waals surface area contributed by atoms with Gasteiger partial charge in [0.1, 0.15) is 5.75 Å². The molecule has 0 aliphatic carbocycles. The van der Waals surface area contributed by atoms with Crippen molar-refractivity contribution in [3.63, 3.8) is 0 Å². The van der Waals surface area contributed by atoms with Crippen LogP contribution in [0.15, 0.2) is 47.4 Å². The standard InChI is InChI=1S/C22H26N4O3/c23-22(28)26-12-4-6-18(21(26)27)20-15-16-14-17(7-8-19(16)24-20)29-13-5-11-25-9-2-1-3-10-25/h4,6-8,12,14-15,24H,1-3,5,9-11,13H2,(H2,23,28). The summed E-state index contributed by atoms with van der Waals surface area (Å²) >= 11 is 0. The maximum Gasteiger partial charge on any atom is 0.325 e. The molecular formula is C22H26N4O3. The van der Waals surface area contributed by atoms with E-state index >= 15 is 0 Å². The summed E-state index contributed by atoms with van der Waals surface area (Å²) in [5, 5.41) is 0.947. The molecule has 0 atom stereocenters. The van der Waals surface area contributed by atoms with Crippen LogP contribution >= 0.6 is 0 Å². The Morgan fingerprint density at radius 2 is 1.97 bits per heavy atom. The van der Waals surface area contributed by atoms with E-state index in [-0.39, 0.29) is 0 Å². The van der Waals surface area contributed by atoms with Gasteiger partial charge in [-0.15, -0.1) is 0 Å². The average Bonchev–Trinajstić information content (AvgIpc) is 3.15. The zero-order chi connectivity index (χ0) is 20.2. The Kier molecular flexibility index (Phi) is 5.67. The molecule has 3 N–H and O–H groups in total. The Labute approximate surface area is 169 Å². The SMILES string of the molecule is NC(=O)n1cccc(-c2cc3cc(OCCCN4CCCCC4)ccc3[nH]2)c1=O. The molecule has 0 bridgehead atoms. The number of rotatable bonds is 6. The number of aromatic nitrogens is 2. The first kappa shape index (κ1) is 19.3. The van der Waals surface area contributed by atoms with Gasteiger partial charge in [-0.05, 0) is 68.8 Å². The van der Waals surface area contributed by atoms with Crippen LogP contribution in [0.25, 0.3) is 22.2 Å². The number of aromatic amines is 1. The van der Waals surface area contributed by atoms with Crippen LogP contribution in [0.2, 0.25) is 0 Å². The Balaban J connectivity index is 1.45. The Morgan fingerprint density at radius 1 is 1.14 bits per heavy atom.